The van der Waals surface area contributed by atoms with E-state index in [0.717, 1.165) is 13.0 Å². The van der Waals surface area contributed by atoms with Crippen LogP contribution in [0.2, 0.25) is 10.2 Å². The molecule has 1 aliphatic heterocycles. The van der Waals surface area contributed by atoms with Gasteiger partial charge in [-0.2, -0.15) is 0 Å². The summed E-state index contributed by atoms with van der Waals surface area (Å²) in [7, 11) is 0. The van der Waals surface area contributed by atoms with Gasteiger partial charge in [0.25, 0.3) is 0 Å². The fourth-order valence-electron chi connectivity index (χ4n) is 1.52. The summed E-state index contributed by atoms with van der Waals surface area (Å²) < 4.78 is 10.3. The summed E-state index contributed by atoms with van der Waals surface area (Å²) in [6, 6.07) is 1.45. The van der Waals surface area contributed by atoms with Gasteiger partial charge in [-0.1, -0.05) is 23.2 Å². The molecule has 1 aromatic heterocycles. The predicted molar refractivity (Wildman–Crippen MR) is 63.5 cm³/mol. The van der Waals surface area contributed by atoms with E-state index in [1.54, 1.807) is 0 Å². The van der Waals surface area contributed by atoms with Crippen LogP contribution in [0.25, 0.3) is 0 Å². The highest BCUT2D eigenvalue weighted by atomic mass is 35.5. The van der Waals surface area contributed by atoms with Crippen molar-refractivity contribution in [3.63, 3.8) is 0 Å². The van der Waals surface area contributed by atoms with Gasteiger partial charge in [-0.05, 0) is 12.5 Å². The van der Waals surface area contributed by atoms with Gasteiger partial charge in [0.15, 0.2) is 0 Å². The molecule has 2 rings (SSSR count). The van der Waals surface area contributed by atoms with E-state index in [-0.39, 0.29) is 16.1 Å². The van der Waals surface area contributed by atoms with Gasteiger partial charge < -0.3 is 9.47 Å². The number of nitrogens with zero attached hydrogens (tertiary/aromatic N) is 1. The summed E-state index contributed by atoms with van der Waals surface area (Å²) in [6.45, 7) is 1.74. The van der Waals surface area contributed by atoms with Crippen molar-refractivity contribution in [3.05, 3.63) is 28.0 Å². The van der Waals surface area contributed by atoms with Crippen LogP contribution < -0.4 is 0 Å². The average Bonchev–Trinajstić information content (AvgIpc) is 2.82. The lowest BCUT2D eigenvalue weighted by molar-refractivity contribution is 0.0427. The number of rotatable bonds is 3. The maximum atomic E-state index is 11.7. The molecule has 17 heavy (non-hydrogen) atoms. The van der Waals surface area contributed by atoms with Crippen LogP contribution in [0.15, 0.2) is 12.3 Å². The van der Waals surface area contributed by atoms with Gasteiger partial charge in [-0.3, -0.25) is 0 Å². The molecule has 1 aromatic rings. The smallest absolute Gasteiger partial charge is 0.339 e. The largest absolute Gasteiger partial charge is 0.462 e. The van der Waals surface area contributed by atoms with Crippen molar-refractivity contribution in [2.45, 2.75) is 6.42 Å². The number of ether oxygens (including phenoxy) is 2. The minimum Gasteiger partial charge on any atom is -0.462 e. The Bertz CT molecular complexity index is 419. The van der Waals surface area contributed by atoms with Crippen molar-refractivity contribution in [1.29, 1.82) is 0 Å². The van der Waals surface area contributed by atoms with Crippen molar-refractivity contribution >= 4 is 29.2 Å². The molecule has 0 bridgehead atoms. The number of carbonyl (C=O) groups is 1. The highest BCUT2D eigenvalue weighted by Crippen LogP contribution is 2.20. The maximum Gasteiger partial charge on any atom is 0.339 e. The Morgan fingerprint density at radius 1 is 1.59 bits per heavy atom. The summed E-state index contributed by atoms with van der Waals surface area (Å²) in [5, 5.41) is 0.415. The monoisotopic (exact) mass is 275 g/mol. The number of carbonyl (C=O) groups excluding carboxylic acids is 1. The molecular weight excluding hydrogens is 265 g/mol. The zero-order valence-electron chi connectivity index (χ0n) is 8.99. The highest BCUT2D eigenvalue weighted by molar-refractivity contribution is 6.41. The summed E-state index contributed by atoms with van der Waals surface area (Å²) in [5.41, 5.74) is 0.304. The molecule has 6 heteroatoms. The van der Waals surface area contributed by atoms with Crippen LogP contribution in [0, 0.1) is 5.92 Å². The molecule has 0 radical (unpaired) electrons. The molecule has 0 amide bonds. The summed E-state index contributed by atoms with van der Waals surface area (Å²) in [5.74, 6) is -0.155. The molecule has 0 saturated carbocycles. The average molecular weight is 276 g/mol. The Balaban J connectivity index is 1.92. The van der Waals surface area contributed by atoms with Gasteiger partial charge >= 0.3 is 5.97 Å². The Kier molecular flexibility index (Phi) is 4.20. The molecule has 1 atom stereocenters. The molecule has 0 aromatic carbocycles. The lowest BCUT2D eigenvalue weighted by atomic mass is 10.1. The molecule has 0 N–H and O–H groups in total. The number of esters is 1. The number of hydrogen-bond donors (Lipinski definition) is 0. The van der Waals surface area contributed by atoms with Gasteiger partial charge in [-0.15, -0.1) is 0 Å². The van der Waals surface area contributed by atoms with Crippen LogP contribution in [0.3, 0.4) is 0 Å². The molecule has 1 saturated heterocycles. The number of hydrogen-bond acceptors (Lipinski definition) is 4. The molecule has 0 aliphatic carbocycles. The Hall–Kier alpha value is -0.840. The van der Waals surface area contributed by atoms with E-state index >= 15 is 0 Å². The van der Waals surface area contributed by atoms with Crippen molar-refractivity contribution < 1.29 is 14.3 Å². The van der Waals surface area contributed by atoms with E-state index in [2.05, 4.69) is 4.98 Å². The fraction of sp³-hybridized carbons (Fsp3) is 0.455. The molecule has 1 unspecified atom stereocenters. The maximum absolute atomic E-state index is 11.7. The first-order valence-corrected chi connectivity index (χ1v) is 5.98. The lowest BCUT2D eigenvalue weighted by Crippen LogP contribution is -2.14. The minimum absolute atomic E-state index is 0.174. The van der Waals surface area contributed by atoms with E-state index in [4.69, 9.17) is 32.7 Å². The van der Waals surface area contributed by atoms with Gasteiger partial charge in [0.1, 0.15) is 5.15 Å². The highest BCUT2D eigenvalue weighted by Gasteiger charge is 2.18. The van der Waals surface area contributed by atoms with E-state index in [9.17, 15) is 4.79 Å². The van der Waals surface area contributed by atoms with Crippen molar-refractivity contribution in [3.8, 4) is 0 Å². The van der Waals surface area contributed by atoms with E-state index in [0.29, 0.717) is 18.8 Å². The van der Waals surface area contributed by atoms with Crippen LogP contribution in [0.5, 0.6) is 0 Å². The molecule has 92 valence electrons. The third kappa shape index (κ3) is 3.31. The van der Waals surface area contributed by atoms with Crippen molar-refractivity contribution in [2.24, 2.45) is 5.92 Å². The van der Waals surface area contributed by atoms with Crippen LogP contribution in [0.4, 0.5) is 0 Å². The zero-order valence-corrected chi connectivity index (χ0v) is 10.5. The van der Waals surface area contributed by atoms with Crippen LogP contribution in [0.1, 0.15) is 16.8 Å². The van der Waals surface area contributed by atoms with Crippen molar-refractivity contribution in [1.82, 2.24) is 4.98 Å². The molecule has 4 nitrogen and oxygen atoms in total. The van der Waals surface area contributed by atoms with Crippen LogP contribution in [-0.4, -0.2) is 30.8 Å². The minimum atomic E-state index is -0.442. The third-order valence-electron chi connectivity index (χ3n) is 2.51. The number of aromatic nitrogens is 1. The van der Waals surface area contributed by atoms with Gasteiger partial charge in [0.2, 0.25) is 0 Å². The molecule has 1 aliphatic rings. The fourth-order valence-corrected chi connectivity index (χ4v) is 1.79. The van der Waals surface area contributed by atoms with Crippen LogP contribution in [-0.2, 0) is 9.47 Å². The number of halogens is 2. The molecule has 0 spiro atoms. The summed E-state index contributed by atoms with van der Waals surface area (Å²) in [6.07, 6.45) is 2.27. The summed E-state index contributed by atoms with van der Waals surface area (Å²) in [4.78, 5) is 15.4. The van der Waals surface area contributed by atoms with Gasteiger partial charge in [-0.25, -0.2) is 9.78 Å². The van der Waals surface area contributed by atoms with Crippen LogP contribution >= 0.6 is 23.2 Å². The lowest BCUT2D eigenvalue weighted by Gasteiger charge is -2.08. The number of pyridine rings is 1. The topological polar surface area (TPSA) is 48.4 Å². The standard InChI is InChI=1S/C11H11Cl2NO3/c12-9-3-8(4-14-10(9)13)11(15)17-6-7-1-2-16-5-7/h3-4,7H,1-2,5-6H2. The summed E-state index contributed by atoms with van der Waals surface area (Å²) >= 11 is 11.4. The first kappa shape index (κ1) is 12.6. The Labute approximate surface area is 109 Å². The normalized spacial score (nSPS) is 19.3. The molecule has 1 fully saturated rings. The first-order valence-electron chi connectivity index (χ1n) is 5.22. The Morgan fingerprint density at radius 3 is 3.06 bits per heavy atom. The van der Waals surface area contributed by atoms with Gasteiger partial charge in [0, 0.05) is 18.7 Å². The third-order valence-corrected chi connectivity index (χ3v) is 3.19. The van der Waals surface area contributed by atoms with E-state index < -0.39 is 5.97 Å². The molecule has 2 heterocycles. The zero-order chi connectivity index (χ0) is 12.3. The van der Waals surface area contributed by atoms with E-state index in [1.807, 2.05) is 0 Å². The second kappa shape index (κ2) is 5.67. The van der Waals surface area contributed by atoms with Gasteiger partial charge in [0.05, 0.1) is 23.8 Å². The quantitative estimate of drug-likeness (QED) is 0.629. The molecular formula is C11H11Cl2NO3. The predicted octanol–water partition coefficient (Wildman–Crippen LogP) is 2.58. The SMILES string of the molecule is O=C(OCC1CCOC1)c1cnc(Cl)c(Cl)c1. The first-order chi connectivity index (χ1) is 8.16. The second-order valence-corrected chi connectivity index (χ2v) is 4.59. The van der Waals surface area contributed by atoms with Crippen molar-refractivity contribution in [2.75, 3.05) is 19.8 Å². The Morgan fingerprint density at radius 2 is 2.41 bits per heavy atom. The second-order valence-electron chi connectivity index (χ2n) is 3.82. The van der Waals surface area contributed by atoms with E-state index in [1.165, 1.54) is 12.3 Å².